The molecule has 0 aromatic heterocycles. The van der Waals surface area contributed by atoms with E-state index in [1.807, 2.05) is 6.08 Å². The number of allylic oxidation sites excluding steroid dienone is 1. The van der Waals surface area contributed by atoms with Crippen LogP contribution in [0.3, 0.4) is 0 Å². The molecule has 0 spiro atoms. The topological polar surface area (TPSA) is 20.2 Å². The fourth-order valence-electron chi connectivity index (χ4n) is 2.30. The highest BCUT2D eigenvalue weighted by Gasteiger charge is 2.12. The first kappa shape index (κ1) is 10.4. The lowest BCUT2D eigenvalue weighted by Crippen LogP contribution is -2.08. The molecule has 1 aromatic rings. The van der Waals surface area contributed by atoms with Crippen LogP contribution in [0.15, 0.2) is 24.3 Å². The van der Waals surface area contributed by atoms with E-state index in [-0.39, 0.29) is 6.10 Å². The molecule has 0 fully saturated rings. The van der Waals surface area contributed by atoms with Gasteiger partial charge in [0.25, 0.3) is 0 Å². The standard InChI is InChI=1S/C14H18O/c1-10-6-11(2)8-13(7-10)12-4-3-5-14(15)9-12/h6-9,14-15H,3-5H2,1-2H3. The summed E-state index contributed by atoms with van der Waals surface area (Å²) in [5.74, 6) is 0. The molecule has 15 heavy (non-hydrogen) atoms. The minimum atomic E-state index is -0.241. The van der Waals surface area contributed by atoms with Gasteiger partial charge in [0.2, 0.25) is 0 Å². The quantitative estimate of drug-likeness (QED) is 0.741. The van der Waals surface area contributed by atoms with Gasteiger partial charge in [-0.2, -0.15) is 0 Å². The first-order valence-corrected chi connectivity index (χ1v) is 5.62. The van der Waals surface area contributed by atoms with Crippen molar-refractivity contribution in [2.75, 3.05) is 0 Å². The third-order valence-electron chi connectivity index (χ3n) is 2.93. The molecule has 1 aromatic carbocycles. The summed E-state index contributed by atoms with van der Waals surface area (Å²) < 4.78 is 0. The Balaban J connectivity index is 2.36. The highest BCUT2D eigenvalue weighted by molar-refractivity contribution is 5.67. The third-order valence-corrected chi connectivity index (χ3v) is 2.93. The Morgan fingerprint density at radius 2 is 1.80 bits per heavy atom. The number of rotatable bonds is 1. The molecule has 80 valence electrons. The van der Waals surface area contributed by atoms with Crippen molar-refractivity contribution in [3.8, 4) is 0 Å². The Hall–Kier alpha value is -1.08. The second-order valence-electron chi connectivity index (χ2n) is 4.53. The van der Waals surface area contributed by atoms with Crippen molar-refractivity contribution < 1.29 is 5.11 Å². The first-order chi connectivity index (χ1) is 7.15. The van der Waals surface area contributed by atoms with Gasteiger partial charge in [-0.3, -0.25) is 0 Å². The van der Waals surface area contributed by atoms with Gasteiger partial charge >= 0.3 is 0 Å². The lowest BCUT2D eigenvalue weighted by Gasteiger charge is -2.18. The second kappa shape index (κ2) is 4.19. The third kappa shape index (κ3) is 2.48. The molecule has 0 aliphatic heterocycles. The summed E-state index contributed by atoms with van der Waals surface area (Å²) in [7, 11) is 0. The Morgan fingerprint density at radius 3 is 2.40 bits per heavy atom. The Kier molecular flexibility index (Phi) is 2.92. The molecule has 0 bridgehead atoms. The maximum atomic E-state index is 9.60. The molecule has 1 aliphatic rings. The number of benzene rings is 1. The number of aryl methyl sites for hydroxylation is 2. The maximum Gasteiger partial charge on any atom is 0.0726 e. The van der Waals surface area contributed by atoms with Gasteiger partial charge in [-0.25, -0.2) is 0 Å². The molecule has 0 amide bonds. The summed E-state index contributed by atoms with van der Waals surface area (Å²) in [6.07, 6.45) is 4.88. The molecular weight excluding hydrogens is 184 g/mol. The molecule has 0 saturated carbocycles. The average molecular weight is 202 g/mol. The fraction of sp³-hybridized carbons (Fsp3) is 0.429. The second-order valence-corrected chi connectivity index (χ2v) is 4.53. The molecule has 0 saturated heterocycles. The van der Waals surface area contributed by atoms with Crippen molar-refractivity contribution in [3.05, 3.63) is 41.0 Å². The van der Waals surface area contributed by atoms with Gasteiger partial charge in [-0.05, 0) is 44.2 Å². The highest BCUT2D eigenvalue weighted by Crippen LogP contribution is 2.28. The van der Waals surface area contributed by atoms with E-state index in [9.17, 15) is 5.11 Å². The van der Waals surface area contributed by atoms with Crippen LogP contribution >= 0.6 is 0 Å². The van der Waals surface area contributed by atoms with E-state index >= 15 is 0 Å². The molecule has 0 heterocycles. The summed E-state index contributed by atoms with van der Waals surface area (Å²) in [6, 6.07) is 6.59. The zero-order valence-electron chi connectivity index (χ0n) is 9.46. The van der Waals surface area contributed by atoms with Crippen molar-refractivity contribution >= 4 is 5.57 Å². The van der Waals surface area contributed by atoms with E-state index in [1.54, 1.807) is 0 Å². The summed E-state index contributed by atoms with van der Waals surface area (Å²) in [5, 5.41) is 9.60. The van der Waals surface area contributed by atoms with E-state index in [0.29, 0.717) is 0 Å². The molecule has 1 N–H and O–H groups in total. The average Bonchev–Trinajstić information content (AvgIpc) is 2.16. The van der Waals surface area contributed by atoms with E-state index in [0.717, 1.165) is 19.3 Å². The van der Waals surface area contributed by atoms with Crippen LogP contribution in [0.5, 0.6) is 0 Å². The van der Waals surface area contributed by atoms with Crippen molar-refractivity contribution in [1.82, 2.24) is 0 Å². The van der Waals surface area contributed by atoms with Crippen molar-refractivity contribution in [2.45, 2.75) is 39.2 Å². The monoisotopic (exact) mass is 202 g/mol. The van der Waals surface area contributed by atoms with E-state index in [1.165, 1.54) is 22.3 Å². The van der Waals surface area contributed by atoms with Crippen LogP contribution in [0.4, 0.5) is 0 Å². The lowest BCUT2D eigenvalue weighted by atomic mass is 9.91. The van der Waals surface area contributed by atoms with Gasteiger partial charge in [0.15, 0.2) is 0 Å². The van der Waals surface area contributed by atoms with Gasteiger partial charge < -0.3 is 5.11 Å². The SMILES string of the molecule is Cc1cc(C)cc(C2=CC(O)CCC2)c1. The predicted octanol–water partition coefficient (Wildman–Crippen LogP) is 3.23. The largest absolute Gasteiger partial charge is 0.389 e. The molecule has 1 heteroatoms. The highest BCUT2D eigenvalue weighted by atomic mass is 16.3. The Bertz CT molecular complexity index is 370. The first-order valence-electron chi connectivity index (χ1n) is 5.62. The predicted molar refractivity (Wildman–Crippen MR) is 63.8 cm³/mol. The van der Waals surface area contributed by atoms with Crippen molar-refractivity contribution in [2.24, 2.45) is 0 Å². The van der Waals surface area contributed by atoms with Gasteiger partial charge in [-0.15, -0.1) is 0 Å². The van der Waals surface area contributed by atoms with Crippen LogP contribution in [0.25, 0.3) is 5.57 Å². The van der Waals surface area contributed by atoms with Crippen LogP contribution in [-0.2, 0) is 0 Å². The fourth-order valence-corrected chi connectivity index (χ4v) is 2.30. The number of hydrogen-bond donors (Lipinski definition) is 1. The van der Waals surface area contributed by atoms with Gasteiger partial charge in [0.05, 0.1) is 6.10 Å². The van der Waals surface area contributed by atoms with Crippen molar-refractivity contribution in [3.63, 3.8) is 0 Å². The Morgan fingerprint density at radius 1 is 1.13 bits per heavy atom. The molecule has 1 atom stereocenters. The smallest absolute Gasteiger partial charge is 0.0726 e. The van der Waals surface area contributed by atoms with Gasteiger partial charge in [-0.1, -0.05) is 35.4 Å². The van der Waals surface area contributed by atoms with Crippen molar-refractivity contribution in [1.29, 1.82) is 0 Å². The van der Waals surface area contributed by atoms with Crippen LogP contribution < -0.4 is 0 Å². The lowest BCUT2D eigenvalue weighted by molar-refractivity contribution is 0.206. The minimum Gasteiger partial charge on any atom is -0.389 e. The van der Waals surface area contributed by atoms with Crippen LogP contribution in [0, 0.1) is 13.8 Å². The van der Waals surface area contributed by atoms with E-state index < -0.39 is 0 Å². The van der Waals surface area contributed by atoms with Gasteiger partial charge in [0.1, 0.15) is 0 Å². The minimum absolute atomic E-state index is 0.241. The number of aliphatic hydroxyl groups excluding tert-OH is 1. The van der Waals surface area contributed by atoms with Crippen LogP contribution in [-0.4, -0.2) is 11.2 Å². The Labute approximate surface area is 91.4 Å². The molecule has 1 unspecified atom stereocenters. The van der Waals surface area contributed by atoms with Crippen LogP contribution in [0.2, 0.25) is 0 Å². The molecule has 2 rings (SSSR count). The molecular formula is C14H18O. The maximum absolute atomic E-state index is 9.60. The zero-order chi connectivity index (χ0) is 10.8. The molecule has 1 nitrogen and oxygen atoms in total. The van der Waals surface area contributed by atoms with E-state index in [2.05, 4.69) is 32.0 Å². The van der Waals surface area contributed by atoms with Gasteiger partial charge in [0, 0.05) is 0 Å². The summed E-state index contributed by atoms with van der Waals surface area (Å²) in [5.41, 5.74) is 5.18. The van der Waals surface area contributed by atoms with Crippen LogP contribution in [0.1, 0.15) is 36.0 Å². The number of aliphatic hydroxyl groups is 1. The zero-order valence-corrected chi connectivity index (χ0v) is 9.46. The summed E-state index contributed by atoms with van der Waals surface area (Å²) in [6.45, 7) is 4.24. The number of hydrogen-bond acceptors (Lipinski definition) is 1. The van der Waals surface area contributed by atoms with E-state index in [4.69, 9.17) is 0 Å². The summed E-state index contributed by atoms with van der Waals surface area (Å²) in [4.78, 5) is 0. The normalized spacial score (nSPS) is 21.3. The summed E-state index contributed by atoms with van der Waals surface area (Å²) >= 11 is 0. The molecule has 1 aliphatic carbocycles. The molecule has 0 radical (unpaired) electrons.